The number of nitrogens with zero attached hydrogens (tertiary/aromatic N) is 4. The average Bonchev–Trinajstić information content (AvgIpc) is 3.36. The van der Waals surface area contributed by atoms with Crippen molar-refractivity contribution in [3.8, 4) is 0 Å². The summed E-state index contributed by atoms with van der Waals surface area (Å²) in [6.07, 6.45) is 10.4. The quantitative estimate of drug-likeness (QED) is 0.567. The number of hydrogen-bond donors (Lipinski definition) is 1. The number of fused-ring (bicyclic) bond motifs is 1. The number of likely N-dealkylation sites (tertiary alicyclic amines) is 1. The Labute approximate surface area is 196 Å². The van der Waals surface area contributed by atoms with Crippen molar-refractivity contribution in [3.63, 3.8) is 0 Å². The van der Waals surface area contributed by atoms with Gasteiger partial charge in [-0.3, -0.25) is 9.36 Å². The van der Waals surface area contributed by atoms with Crippen LogP contribution in [0.3, 0.4) is 0 Å². The lowest BCUT2D eigenvalue weighted by molar-refractivity contribution is 0.219. The molecule has 2 fully saturated rings. The van der Waals surface area contributed by atoms with Gasteiger partial charge in [-0.15, -0.1) is 0 Å². The molecule has 0 spiro atoms. The highest BCUT2D eigenvalue weighted by atomic mass is 16.1. The molecule has 1 N–H and O–H groups in total. The van der Waals surface area contributed by atoms with Crippen LogP contribution in [-0.4, -0.2) is 45.1 Å². The van der Waals surface area contributed by atoms with E-state index in [9.17, 15) is 4.79 Å². The van der Waals surface area contributed by atoms with Crippen LogP contribution < -0.4 is 10.9 Å². The summed E-state index contributed by atoms with van der Waals surface area (Å²) in [4.78, 5) is 25.7. The Bertz CT molecular complexity index is 1130. The number of hydrogen-bond acceptors (Lipinski definition) is 5. The normalized spacial score (nSPS) is 18.2. The van der Waals surface area contributed by atoms with Crippen molar-refractivity contribution in [1.29, 1.82) is 0 Å². The molecule has 3 aromatic rings. The molecule has 1 saturated carbocycles. The summed E-state index contributed by atoms with van der Waals surface area (Å²) in [5.41, 5.74) is 2.87. The Balaban J connectivity index is 1.45. The van der Waals surface area contributed by atoms with Gasteiger partial charge in [-0.2, -0.15) is 4.98 Å². The fraction of sp³-hybridized carbons (Fsp3) is 0.519. The number of rotatable bonds is 7. The molecule has 2 aliphatic rings. The highest BCUT2D eigenvalue weighted by molar-refractivity contribution is 5.76. The fourth-order valence-electron chi connectivity index (χ4n) is 5.49. The van der Waals surface area contributed by atoms with E-state index in [0.717, 1.165) is 60.9 Å². The van der Waals surface area contributed by atoms with E-state index in [1.54, 1.807) is 0 Å². The largest absolute Gasteiger partial charge is 0.351 e. The zero-order valence-corrected chi connectivity index (χ0v) is 19.7. The molecule has 0 bridgehead atoms. The number of anilines is 1. The van der Waals surface area contributed by atoms with Gasteiger partial charge in [-0.05, 0) is 50.3 Å². The summed E-state index contributed by atoms with van der Waals surface area (Å²) >= 11 is 0. The maximum Gasteiger partial charge on any atom is 0.256 e. The third kappa shape index (κ3) is 4.96. The molecule has 6 heteroatoms. The smallest absolute Gasteiger partial charge is 0.256 e. The second kappa shape index (κ2) is 10.0. The van der Waals surface area contributed by atoms with Gasteiger partial charge < -0.3 is 10.2 Å². The topological polar surface area (TPSA) is 63.1 Å². The van der Waals surface area contributed by atoms with Gasteiger partial charge in [0.1, 0.15) is 5.65 Å². The highest BCUT2D eigenvalue weighted by Crippen LogP contribution is 2.31. The van der Waals surface area contributed by atoms with E-state index in [0.29, 0.717) is 18.4 Å². The van der Waals surface area contributed by atoms with Crippen molar-refractivity contribution in [3.05, 3.63) is 64.1 Å². The summed E-state index contributed by atoms with van der Waals surface area (Å²) < 4.78 is 1.98. The first-order valence-corrected chi connectivity index (χ1v) is 12.6. The monoisotopic (exact) mass is 445 g/mol. The van der Waals surface area contributed by atoms with Crippen molar-refractivity contribution in [2.75, 3.05) is 25.0 Å². The number of piperidine rings is 1. The van der Waals surface area contributed by atoms with E-state index in [1.165, 1.54) is 25.8 Å². The van der Waals surface area contributed by atoms with Crippen LogP contribution in [0.15, 0.2) is 47.4 Å². The van der Waals surface area contributed by atoms with E-state index in [2.05, 4.69) is 34.3 Å². The van der Waals surface area contributed by atoms with Gasteiger partial charge in [-0.1, -0.05) is 50.1 Å². The second-order valence-corrected chi connectivity index (χ2v) is 9.68. The van der Waals surface area contributed by atoms with Crippen LogP contribution in [0.1, 0.15) is 69.0 Å². The number of pyridine rings is 1. The van der Waals surface area contributed by atoms with E-state index >= 15 is 0 Å². The minimum absolute atomic E-state index is 0.107. The van der Waals surface area contributed by atoms with Crippen LogP contribution in [0, 0.1) is 0 Å². The van der Waals surface area contributed by atoms with E-state index in [1.807, 2.05) is 35.0 Å². The lowest BCUT2D eigenvalue weighted by Gasteiger charge is -2.32. The molecule has 1 aromatic carbocycles. The first kappa shape index (κ1) is 22.1. The van der Waals surface area contributed by atoms with Gasteiger partial charge in [0.25, 0.3) is 5.56 Å². The Morgan fingerprint density at radius 1 is 1.06 bits per heavy atom. The summed E-state index contributed by atoms with van der Waals surface area (Å²) in [7, 11) is 0. The minimum Gasteiger partial charge on any atom is -0.351 e. The Hall–Kier alpha value is -2.73. The summed E-state index contributed by atoms with van der Waals surface area (Å²) in [6, 6.07) is 12.9. The highest BCUT2D eigenvalue weighted by Gasteiger charge is 2.24. The van der Waals surface area contributed by atoms with Crippen molar-refractivity contribution in [2.24, 2.45) is 0 Å². The zero-order chi connectivity index (χ0) is 22.6. The summed E-state index contributed by atoms with van der Waals surface area (Å²) in [5.74, 6) is 0.651. The predicted octanol–water partition coefficient (Wildman–Crippen LogP) is 4.78. The molecule has 5 rings (SSSR count). The van der Waals surface area contributed by atoms with E-state index in [-0.39, 0.29) is 11.6 Å². The molecule has 0 amide bonds. The molecular formula is C27H35N5O. The maximum absolute atomic E-state index is 13.6. The van der Waals surface area contributed by atoms with Crippen molar-refractivity contribution in [1.82, 2.24) is 19.4 Å². The average molecular weight is 446 g/mol. The lowest BCUT2D eigenvalue weighted by Crippen LogP contribution is -2.39. The Morgan fingerprint density at radius 3 is 2.55 bits per heavy atom. The van der Waals surface area contributed by atoms with Gasteiger partial charge in [0.15, 0.2) is 0 Å². The fourth-order valence-corrected chi connectivity index (χ4v) is 5.49. The van der Waals surface area contributed by atoms with E-state index in [4.69, 9.17) is 4.98 Å². The Kier molecular flexibility index (Phi) is 6.72. The number of aromatic nitrogens is 3. The summed E-state index contributed by atoms with van der Waals surface area (Å²) in [6.45, 7) is 5.66. The van der Waals surface area contributed by atoms with E-state index < -0.39 is 0 Å². The molecule has 2 aromatic heterocycles. The SMILES string of the molecule is CCCN1CCC(Nc2ncc3cc(Cc4ccccc4)c(=O)n(C4CCCC4)c3n2)CC1. The van der Waals surface area contributed by atoms with Crippen LogP contribution in [0.2, 0.25) is 0 Å². The van der Waals surface area contributed by atoms with Crippen LogP contribution in [0.25, 0.3) is 11.0 Å². The molecule has 1 aliphatic heterocycles. The predicted molar refractivity (Wildman–Crippen MR) is 134 cm³/mol. The second-order valence-electron chi connectivity index (χ2n) is 9.68. The summed E-state index contributed by atoms with van der Waals surface area (Å²) in [5, 5.41) is 4.52. The first-order valence-electron chi connectivity index (χ1n) is 12.6. The van der Waals surface area contributed by atoms with Crippen LogP contribution in [0.5, 0.6) is 0 Å². The number of nitrogens with one attached hydrogen (secondary N) is 1. The van der Waals surface area contributed by atoms with Gasteiger partial charge in [0, 0.05) is 48.7 Å². The molecule has 0 atom stereocenters. The molecule has 6 nitrogen and oxygen atoms in total. The van der Waals surface area contributed by atoms with Gasteiger partial charge in [-0.25, -0.2) is 4.98 Å². The van der Waals surface area contributed by atoms with Gasteiger partial charge in [0.2, 0.25) is 5.95 Å². The third-order valence-electron chi connectivity index (χ3n) is 7.24. The molecule has 174 valence electrons. The molecule has 0 radical (unpaired) electrons. The molecule has 3 heterocycles. The van der Waals surface area contributed by atoms with Crippen LogP contribution >= 0.6 is 0 Å². The zero-order valence-electron chi connectivity index (χ0n) is 19.7. The molecular weight excluding hydrogens is 410 g/mol. The van der Waals surface area contributed by atoms with Gasteiger partial charge >= 0.3 is 0 Å². The Morgan fingerprint density at radius 2 is 1.82 bits per heavy atom. The number of benzene rings is 1. The molecule has 0 unspecified atom stereocenters. The van der Waals surface area contributed by atoms with Crippen molar-refractivity contribution >= 4 is 17.0 Å². The van der Waals surface area contributed by atoms with Crippen LogP contribution in [-0.2, 0) is 6.42 Å². The lowest BCUT2D eigenvalue weighted by atomic mass is 10.0. The third-order valence-corrected chi connectivity index (χ3v) is 7.24. The first-order chi connectivity index (χ1) is 16.2. The maximum atomic E-state index is 13.6. The molecule has 33 heavy (non-hydrogen) atoms. The molecule has 1 aliphatic carbocycles. The standard InChI is InChI=1S/C27H35N5O/c1-2-14-31-15-12-23(13-16-31)29-27-28-19-22-18-21(17-20-8-4-3-5-9-20)26(33)32(25(22)30-27)24-10-6-7-11-24/h3-5,8-9,18-19,23-24H,2,6-7,10-17H2,1H3,(H,28,29,30). The van der Waals surface area contributed by atoms with Crippen molar-refractivity contribution < 1.29 is 0 Å². The minimum atomic E-state index is 0.107. The van der Waals surface area contributed by atoms with Crippen LogP contribution in [0.4, 0.5) is 5.95 Å². The van der Waals surface area contributed by atoms with Gasteiger partial charge in [0.05, 0.1) is 0 Å². The van der Waals surface area contributed by atoms with Crippen molar-refractivity contribution in [2.45, 2.75) is 70.4 Å². The molecule has 1 saturated heterocycles.